The maximum absolute atomic E-state index is 13.2. The summed E-state index contributed by atoms with van der Waals surface area (Å²) in [7, 11) is 1.72. The Morgan fingerprint density at radius 1 is 1.14 bits per heavy atom. The molecule has 0 aromatic heterocycles. The van der Waals surface area contributed by atoms with E-state index in [1.807, 2.05) is 30.3 Å². The van der Waals surface area contributed by atoms with Gasteiger partial charge in [-0.15, -0.1) is 0 Å². The molecule has 3 heteroatoms. The van der Waals surface area contributed by atoms with Crippen molar-refractivity contribution in [3.8, 4) is 5.75 Å². The summed E-state index contributed by atoms with van der Waals surface area (Å²) in [6.07, 6.45) is 5.03. The van der Waals surface area contributed by atoms with Crippen molar-refractivity contribution >= 4 is 5.78 Å². The van der Waals surface area contributed by atoms with Crippen LogP contribution in [0.5, 0.6) is 5.75 Å². The van der Waals surface area contributed by atoms with E-state index < -0.39 is 5.60 Å². The van der Waals surface area contributed by atoms with Crippen LogP contribution in [0.15, 0.2) is 48.5 Å². The third kappa shape index (κ3) is 2.70. The molecule has 152 valence electrons. The van der Waals surface area contributed by atoms with Crippen LogP contribution >= 0.6 is 0 Å². The van der Waals surface area contributed by atoms with E-state index in [0.717, 1.165) is 37.0 Å². The standard InChI is InChI=1S/C26H30O3/c1-25-13-12-21-20-11-9-19(29-2)14-18(20)8-10-22(21)23(25)15-24(27)26(25,28)16-17-6-4-3-5-7-17/h3-7,9,11,14,21-23,28H,8,10,12-13,15-16H2,1-2H3/t21-,22-,23+,25+,26?/m1/s1. The lowest BCUT2D eigenvalue weighted by atomic mass is 9.52. The Morgan fingerprint density at radius 3 is 2.69 bits per heavy atom. The molecule has 0 radical (unpaired) electrons. The molecule has 3 aliphatic carbocycles. The van der Waals surface area contributed by atoms with Gasteiger partial charge in [0, 0.05) is 18.3 Å². The van der Waals surface area contributed by atoms with Crippen molar-refractivity contribution in [3.63, 3.8) is 0 Å². The Labute approximate surface area is 173 Å². The molecule has 2 saturated carbocycles. The lowest BCUT2D eigenvalue weighted by Crippen LogP contribution is -2.54. The summed E-state index contributed by atoms with van der Waals surface area (Å²) in [4.78, 5) is 13.2. The highest BCUT2D eigenvalue weighted by Crippen LogP contribution is 2.63. The van der Waals surface area contributed by atoms with Crippen molar-refractivity contribution in [2.75, 3.05) is 7.11 Å². The Kier molecular flexibility index (Phi) is 4.36. The average Bonchev–Trinajstić information content (AvgIpc) is 2.94. The number of fused-ring (bicyclic) bond motifs is 5. The van der Waals surface area contributed by atoms with Gasteiger partial charge in [-0.2, -0.15) is 0 Å². The van der Waals surface area contributed by atoms with E-state index in [2.05, 4.69) is 25.1 Å². The maximum Gasteiger partial charge on any atom is 0.165 e. The zero-order chi connectivity index (χ0) is 20.2. The normalized spacial score (nSPS) is 35.6. The van der Waals surface area contributed by atoms with Gasteiger partial charge in [-0.25, -0.2) is 0 Å². The summed E-state index contributed by atoms with van der Waals surface area (Å²) >= 11 is 0. The summed E-state index contributed by atoms with van der Waals surface area (Å²) < 4.78 is 5.42. The van der Waals surface area contributed by atoms with Crippen molar-refractivity contribution in [2.24, 2.45) is 17.3 Å². The number of rotatable bonds is 3. The largest absolute Gasteiger partial charge is 0.497 e. The summed E-state index contributed by atoms with van der Waals surface area (Å²) in [6.45, 7) is 2.19. The zero-order valence-electron chi connectivity index (χ0n) is 17.4. The number of hydrogen-bond acceptors (Lipinski definition) is 3. The van der Waals surface area contributed by atoms with Crippen LogP contribution in [-0.4, -0.2) is 23.6 Å². The number of ketones is 1. The number of Topliss-reactive ketones (excluding diaryl/α,β-unsaturated/α-hetero) is 1. The second-order valence-corrected chi connectivity index (χ2v) is 9.59. The Bertz CT molecular complexity index is 936. The van der Waals surface area contributed by atoms with Crippen LogP contribution in [0.25, 0.3) is 0 Å². The number of carbonyl (C=O) groups excluding carboxylic acids is 1. The fraction of sp³-hybridized carbons (Fsp3) is 0.500. The molecule has 3 nitrogen and oxygen atoms in total. The molecule has 2 aromatic carbocycles. The van der Waals surface area contributed by atoms with Crippen molar-refractivity contribution in [3.05, 3.63) is 65.2 Å². The van der Waals surface area contributed by atoms with Gasteiger partial charge in [-0.05, 0) is 72.3 Å². The van der Waals surface area contributed by atoms with Crippen molar-refractivity contribution in [2.45, 2.75) is 57.0 Å². The second-order valence-electron chi connectivity index (χ2n) is 9.59. The van der Waals surface area contributed by atoms with Crippen LogP contribution in [-0.2, 0) is 17.6 Å². The molecule has 1 N–H and O–H groups in total. The maximum atomic E-state index is 13.2. The first-order valence-corrected chi connectivity index (χ1v) is 10.9. The highest BCUT2D eigenvalue weighted by molar-refractivity contribution is 5.91. The molecule has 29 heavy (non-hydrogen) atoms. The fourth-order valence-corrected chi connectivity index (χ4v) is 6.77. The minimum atomic E-state index is -1.25. The third-order valence-corrected chi connectivity index (χ3v) is 8.44. The van der Waals surface area contributed by atoms with Crippen LogP contribution < -0.4 is 4.74 Å². The van der Waals surface area contributed by atoms with Crippen molar-refractivity contribution in [1.82, 2.24) is 0 Å². The molecule has 0 spiro atoms. The number of aryl methyl sites for hydroxylation is 1. The molecular formula is C26H30O3. The van der Waals surface area contributed by atoms with Gasteiger partial charge in [0.2, 0.25) is 0 Å². The number of hydrogen-bond donors (Lipinski definition) is 1. The SMILES string of the molecule is COc1ccc2c(c1)CC[C@@H]1[C@@H]2CC[C@@]2(C)[C@H]1CC(=O)C2(O)Cc1ccccc1. The Hall–Kier alpha value is -2.13. The predicted octanol–water partition coefficient (Wildman–Crippen LogP) is 4.70. The third-order valence-electron chi connectivity index (χ3n) is 8.44. The van der Waals surface area contributed by atoms with Gasteiger partial charge in [-0.1, -0.05) is 43.3 Å². The van der Waals surface area contributed by atoms with Crippen LogP contribution in [0, 0.1) is 17.3 Å². The molecule has 0 saturated heterocycles. The van der Waals surface area contributed by atoms with Gasteiger partial charge in [-0.3, -0.25) is 4.79 Å². The first kappa shape index (κ1) is 18.9. The minimum absolute atomic E-state index is 0.0510. The fourth-order valence-electron chi connectivity index (χ4n) is 6.77. The van der Waals surface area contributed by atoms with Crippen LogP contribution in [0.3, 0.4) is 0 Å². The Morgan fingerprint density at radius 2 is 1.93 bits per heavy atom. The van der Waals surface area contributed by atoms with Gasteiger partial charge in [0.25, 0.3) is 0 Å². The lowest BCUT2D eigenvalue weighted by molar-refractivity contribution is -0.148. The second kappa shape index (κ2) is 6.70. The summed E-state index contributed by atoms with van der Waals surface area (Å²) in [5, 5.41) is 11.8. The first-order chi connectivity index (χ1) is 14.0. The molecule has 1 unspecified atom stereocenters. The first-order valence-electron chi connectivity index (χ1n) is 10.9. The summed E-state index contributed by atoms with van der Waals surface area (Å²) in [5.74, 6) is 2.21. The minimum Gasteiger partial charge on any atom is -0.497 e. The van der Waals surface area contributed by atoms with Crippen LogP contribution in [0.2, 0.25) is 0 Å². The summed E-state index contributed by atoms with van der Waals surface area (Å²) in [6, 6.07) is 16.5. The van der Waals surface area contributed by atoms with E-state index in [1.54, 1.807) is 7.11 Å². The quantitative estimate of drug-likeness (QED) is 0.826. The highest BCUT2D eigenvalue weighted by atomic mass is 16.5. The molecule has 0 aliphatic heterocycles. The van der Waals surface area contributed by atoms with E-state index in [1.165, 1.54) is 11.1 Å². The molecule has 0 amide bonds. The van der Waals surface area contributed by atoms with Crippen LogP contribution in [0.4, 0.5) is 0 Å². The van der Waals surface area contributed by atoms with Crippen molar-refractivity contribution in [1.29, 1.82) is 0 Å². The molecule has 5 rings (SSSR count). The number of benzene rings is 2. The monoisotopic (exact) mass is 390 g/mol. The zero-order valence-corrected chi connectivity index (χ0v) is 17.4. The van der Waals surface area contributed by atoms with Gasteiger partial charge < -0.3 is 9.84 Å². The number of aliphatic hydroxyl groups is 1. The highest BCUT2D eigenvalue weighted by Gasteiger charge is 2.65. The van der Waals surface area contributed by atoms with Gasteiger partial charge >= 0.3 is 0 Å². The molecule has 3 aliphatic rings. The molecular weight excluding hydrogens is 360 g/mol. The van der Waals surface area contributed by atoms with Gasteiger partial charge in [0.05, 0.1) is 7.11 Å². The average molecular weight is 391 g/mol. The van der Waals surface area contributed by atoms with E-state index >= 15 is 0 Å². The predicted molar refractivity (Wildman–Crippen MR) is 113 cm³/mol. The molecule has 5 atom stereocenters. The number of carbonyl (C=O) groups is 1. The smallest absolute Gasteiger partial charge is 0.165 e. The van der Waals surface area contributed by atoms with E-state index in [0.29, 0.717) is 24.7 Å². The van der Waals surface area contributed by atoms with E-state index in [-0.39, 0.29) is 17.1 Å². The van der Waals surface area contributed by atoms with E-state index in [9.17, 15) is 9.90 Å². The summed E-state index contributed by atoms with van der Waals surface area (Å²) in [5.41, 5.74) is 2.30. The number of ether oxygens (including phenoxy) is 1. The lowest BCUT2D eigenvalue weighted by Gasteiger charge is -2.52. The molecule has 2 fully saturated rings. The topological polar surface area (TPSA) is 46.5 Å². The van der Waals surface area contributed by atoms with Crippen LogP contribution in [0.1, 0.15) is 55.2 Å². The molecule has 0 bridgehead atoms. The molecule has 2 aromatic rings. The Balaban J connectivity index is 1.48. The van der Waals surface area contributed by atoms with Gasteiger partial charge in [0.15, 0.2) is 5.78 Å². The van der Waals surface area contributed by atoms with E-state index in [4.69, 9.17) is 4.74 Å². The molecule has 0 heterocycles. The number of methoxy groups -OCH3 is 1. The van der Waals surface area contributed by atoms with Gasteiger partial charge in [0.1, 0.15) is 11.4 Å². The van der Waals surface area contributed by atoms with Crippen molar-refractivity contribution < 1.29 is 14.6 Å².